The van der Waals surface area contributed by atoms with Crippen molar-refractivity contribution in [1.29, 1.82) is 0 Å². The Labute approximate surface area is 183 Å². The monoisotopic (exact) mass is 468 g/mol. The van der Waals surface area contributed by atoms with Crippen LogP contribution in [-0.4, -0.2) is 9.78 Å². The lowest BCUT2D eigenvalue weighted by molar-refractivity contribution is 0.625. The van der Waals surface area contributed by atoms with Crippen LogP contribution in [0.4, 0.5) is 4.39 Å². The molecule has 0 saturated heterocycles. The quantitative estimate of drug-likeness (QED) is 0.304. The Kier molecular flexibility index (Phi) is 5.57. The molecule has 0 atom stereocenters. The normalized spacial score (nSPS) is 11.1. The van der Waals surface area contributed by atoms with Crippen LogP contribution >= 0.6 is 27.5 Å². The maximum Gasteiger partial charge on any atom is 0.124 e. The molecule has 1 aromatic heterocycles. The Bertz CT molecular complexity index is 1160. The third-order valence-electron chi connectivity index (χ3n) is 4.88. The first-order valence-electron chi connectivity index (χ1n) is 9.26. The van der Waals surface area contributed by atoms with Crippen molar-refractivity contribution in [2.45, 2.75) is 20.4 Å². The Morgan fingerprint density at radius 3 is 2.07 bits per heavy atom. The minimum atomic E-state index is -0.348. The highest BCUT2D eigenvalue weighted by atomic mass is 79.9. The van der Waals surface area contributed by atoms with Crippen LogP contribution in [-0.2, 0) is 6.54 Å². The van der Waals surface area contributed by atoms with Gasteiger partial charge in [0.25, 0.3) is 0 Å². The second kappa shape index (κ2) is 8.13. The molecule has 4 rings (SSSR count). The fraction of sp³-hybridized carbons (Fsp3) is 0.125. The van der Waals surface area contributed by atoms with E-state index in [0.29, 0.717) is 11.6 Å². The van der Waals surface area contributed by atoms with Crippen molar-refractivity contribution in [3.8, 4) is 22.5 Å². The first-order valence-corrected chi connectivity index (χ1v) is 10.4. The van der Waals surface area contributed by atoms with Crippen LogP contribution in [0, 0.1) is 19.7 Å². The maximum atomic E-state index is 13.5. The molecular weight excluding hydrogens is 451 g/mol. The molecule has 0 aliphatic carbocycles. The molecule has 0 N–H and O–H groups in total. The van der Waals surface area contributed by atoms with Gasteiger partial charge in [-0.1, -0.05) is 77.3 Å². The molecule has 146 valence electrons. The first-order chi connectivity index (χ1) is 13.9. The number of aryl methyl sites for hydroxylation is 2. The number of hydrogen-bond donors (Lipinski definition) is 0. The minimum Gasteiger partial charge on any atom is -0.259 e. The first kappa shape index (κ1) is 19.9. The van der Waals surface area contributed by atoms with Crippen LogP contribution in [0.25, 0.3) is 22.5 Å². The zero-order valence-electron chi connectivity index (χ0n) is 16.1. The predicted octanol–water partition coefficient (Wildman–Crippen LogP) is 7.44. The van der Waals surface area contributed by atoms with Crippen LogP contribution in [0.15, 0.2) is 71.2 Å². The summed E-state index contributed by atoms with van der Waals surface area (Å²) in [4.78, 5) is 0. The van der Waals surface area contributed by atoms with E-state index in [1.807, 2.05) is 4.68 Å². The van der Waals surface area contributed by atoms with E-state index in [9.17, 15) is 4.39 Å². The summed E-state index contributed by atoms with van der Waals surface area (Å²) in [6.45, 7) is 4.56. The highest BCUT2D eigenvalue weighted by Crippen LogP contribution is 2.37. The predicted molar refractivity (Wildman–Crippen MR) is 121 cm³/mol. The Morgan fingerprint density at radius 1 is 0.897 bits per heavy atom. The lowest BCUT2D eigenvalue weighted by Crippen LogP contribution is -2.05. The fourth-order valence-electron chi connectivity index (χ4n) is 3.25. The number of nitrogens with zero attached hydrogens (tertiary/aromatic N) is 2. The average Bonchev–Trinajstić information content (AvgIpc) is 3.01. The summed E-state index contributed by atoms with van der Waals surface area (Å²) in [5.74, 6) is -0.348. The minimum absolute atomic E-state index is 0.348. The van der Waals surface area contributed by atoms with E-state index in [2.05, 4.69) is 78.3 Å². The van der Waals surface area contributed by atoms with Gasteiger partial charge < -0.3 is 0 Å². The summed E-state index contributed by atoms with van der Waals surface area (Å²) in [5.41, 5.74) is 7.09. The van der Waals surface area contributed by atoms with Crippen molar-refractivity contribution >= 4 is 27.5 Å². The van der Waals surface area contributed by atoms with Gasteiger partial charge in [-0.15, -0.1) is 0 Å². The number of rotatable bonds is 4. The van der Waals surface area contributed by atoms with Gasteiger partial charge in [-0.3, -0.25) is 4.68 Å². The van der Waals surface area contributed by atoms with E-state index in [0.717, 1.165) is 32.6 Å². The van der Waals surface area contributed by atoms with E-state index in [4.69, 9.17) is 16.7 Å². The summed E-state index contributed by atoms with van der Waals surface area (Å²) in [6.07, 6.45) is 0. The van der Waals surface area contributed by atoms with E-state index < -0.39 is 0 Å². The number of hydrogen-bond acceptors (Lipinski definition) is 1. The van der Waals surface area contributed by atoms with Crippen LogP contribution in [0.5, 0.6) is 0 Å². The highest BCUT2D eigenvalue weighted by molar-refractivity contribution is 9.10. The smallest absolute Gasteiger partial charge is 0.124 e. The fourth-order valence-corrected chi connectivity index (χ4v) is 4.22. The summed E-state index contributed by atoms with van der Waals surface area (Å²) in [7, 11) is 0. The van der Waals surface area contributed by atoms with Gasteiger partial charge in [0, 0.05) is 16.1 Å². The molecule has 3 aromatic carbocycles. The average molecular weight is 470 g/mol. The van der Waals surface area contributed by atoms with Gasteiger partial charge in [0.05, 0.1) is 16.7 Å². The van der Waals surface area contributed by atoms with E-state index in [1.165, 1.54) is 23.3 Å². The van der Waals surface area contributed by atoms with Gasteiger partial charge in [0.15, 0.2) is 0 Å². The molecule has 0 fully saturated rings. The van der Waals surface area contributed by atoms with E-state index in [-0.39, 0.29) is 5.82 Å². The molecule has 29 heavy (non-hydrogen) atoms. The van der Waals surface area contributed by atoms with Crippen molar-refractivity contribution in [1.82, 2.24) is 9.78 Å². The van der Waals surface area contributed by atoms with Crippen LogP contribution in [0.2, 0.25) is 5.02 Å². The highest BCUT2D eigenvalue weighted by Gasteiger charge is 2.19. The third-order valence-corrected chi connectivity index (χ3v) is 5.98. The molecule has 0 saturated carbocycles. The lowest BCUT2D eigenvalue weighted by atomic mass is 10.1. The van der Waals surface area contributed by atoms with Crippen LogP contribution in [0.1, 0.15) is 16.7 Å². The summed E-state index contributed by atoms with van der Waals surface area (Å²) < 4.78 is 16.3. The summed E-state index contributed by atoms with van der Waals surface area (Å²) in [5, 5.41) is 5.28. The Hall–Kier alpha value is -2.43. The second-order valence-electron chi connectivity index (χ2n) is 7.14. The van der Waals surface area contributed by atoms with Crippen LogP contribution in [0.3, 0.4) is 0 Å². The molecule has 0 radical (unpaired) electrons. The van der Waals surface area contributed by atoms with Crippen molar-refractivity contribution in [2.75, 3.05) is 0 Å². The molecule has 0 spiro atoms. The SMILES string of the molecule is Cc1ccc(-c2nn(Cc3ccc(F)cc3Cl)c(-c3ccc(C)cc3)c2Br)cc1. The van der Waals surface area contributed by atoms with Crippen molar-refractivity contribution < 1.29 is 4.39 Å². The molecule has 4 aromatic rings. The molecule has 0 unspecified atom stereocenters. The molecule has 2 nitrogen and oxygen atoms in total. The van der Waals surface area contributed by atoms with Gasteiger partial charge in [-0.25, -0.2) is 4.39 Å². The topological polar surface area (TPSA) is 17.8 Å². The molecule has 1 heterocycles. The molecule has 0 aliphatic heterocycles. The summed E-state index contributed by atoms with van der Waals surface area (Å²) >= 11 is 10.1. The standard InChI is InChI=1S/C24H19BrClFN2/c1-15-3-7-17(8-4-15)23-22(25)24(18-9-5-16(2)6-10-18)29(28-23)14-19-11-12-20(27)13-21(19)26/h3-13H,14H2,1-2H3. The van der Waals surface area contributed by atoms with Crippen LogP contribution < -0.4 is 0 Å². The maximum absolute atomic E-state index is 13.5. The largest absolute Gasteiger partial charge is 0.259 e. The molecular formula is C24H19BrClFN2. The molecule has 5 heteroatoms. The zero-order chi connectivity index (χ0) is 20.5. The number of halogens is 3. The molecule has 0 bridgehead atoms. The Balaban J connectivity index is 1.86. The molecule has 0 amide bonds. The van der Waals surface area contributed by atoms with Crippen molar-refractivity contribution in [3.63, 3.8) is 0 Å². The summed E-state index contributed by atoms with van der Waals surface area (Å²) in [6, 6.07) is 21.1. The van der Waals surface area contributed by atoms with Gasteiger partial charge in [-0.05, 0) is 47.5 Å². The van der Waals surface area contributed by atoms with Gasteiger partial charge in [0.2, 0.25) is 0 Å². The number of benzene rings is 3. The second-order valence-corrected chi connectivity index (χ2v) is 8.34. The molecule has 0 aliphatic rings. The van der Waals surface area contributed by atoms with Gasteiger partial charge in [0.1, 0.15) is 11.5 Å². The van der Waals surface area contributed by atoms with Crippen molar-refractivity contribution in [3.05, 3.63) is 98.7 Å². The van der Waals surface area contributed by atoms with Crippen molar-refractivity contribution in [2.24, 2.45) is 0 Å². The van der Waals surface area contributed by atoms with Gasteiger partial charge >= 0.3 is 0 Å². The number of aromatic nitrogens is 2. The van der Waals surface area contributed by atoms with E-state index >= 15 is 0 Å². The Morgan fingerprint density at radius 2 is 1.48 bits per heavy atom. The van der Waals surface area contributed by atoms with E-state index in [1.54, 1.807) is 6.07 Å². The van der Waals surface area contributed by atoms with Gasteiger partial charge in [-0.2, -0.15) is 5.10 Å². The lowest BCUT2D eigenvalue weighted by Gasteiger charge is -2.10. The zero-order valence-corrected chi connectivity index (χ0v) is 18.4. The third kappa shape index (κ3) is 4.14.